The van der Waals surface area contributed by atoms with Crippen molar-refractivity contribution in [3.63, 3.8) is 0 Å². The van der Waals surface area contributed by atoms with Crippen molar-refractivity contribution in [3.8, 4) is 0 Å². The van der Waals surface area contributed by atoms with Gasteiger partial charge in [0.2, 0.25) is 0 Å². The zero-order chi connectivity index (χ0) is 9.38. The van der Waals surface area contributed by atoms with E-state index in [2.05, 4.69) is 30.3 Å². The summed E-state index contributed by atoms with van der Waals surface area (Å²) in [5, 5.41) is 2.54. The molecule has 0 amide bonds. The lowest BCUT2D eigenvalue weighted by Crippen LogP contribution is -2.19. The molecule has 1 aromatic carbocycles. The molecule has 1 aliphatic heterocycles. The van der Waals surface area contributed by atoms with Gasteiger partial charge in [-0.15, -0.1) is 0 Å². The molecule has 1 nitrogen and oxygen atoms in total. The van der Waals surface area contributed by atoms with Crippen molar-refractivity contribution in [2.45, 2.75) is 31.7 Å². The molecule has 72 valence electrons. The van der Waals surface area contributed by atoms with E-state index in [0.717, 1.165) is 5.92 Å². The Labute approximate surface area is 84.2 Å². The van der Waals surface area contributed by atoms with Crippen molar-refractivity contribution in [2.75, 3.05) is 0 Å². The van der Waals surface area contributed by atoms with E-state index >= 15 is 0 Å². The van der Waals surface area contributed by atoms with Gasteiger partial charge in [-0.1, -0.05) is 37.1 Å². The smallest absolute Gasteiger partial charge is 0.0724 e. The summed E-state index contributed by atoms with van der Waals surface area (Å²) in [7, 11) is 0. The van der Waals surface area contributed by atoms with Crippen LogP contribution >= 0.6 is 0 Å². The second-order valence-electron chi connectivity index (χ2n) is 4.39. The van der Waals surface area contributed by atoms with Crippen molar-refractivity contribution in [3.05, 3.63) is 34.8 Å². The highest BCUT2D eigenvalue weighted by atomic mass is 14.8. The number of hydrogen-bond acceptors (Lipinski definition) is 1. The predicted molar refractivity (Wildman–Crippen MR) is 57.4 cm³/mol. The molecule has 1 aliphatic carbocycles. The summed E-state index contributed by atoms with van der Waals surface area (Å²) in [4.78, 5) is 4.78. The summed E-state index contributed by atoms with van der Waals surface area (Å²) in [5.74, 6) is 0.822. The third kappa shape index (κ3) is 1.28. The van der Waals surface area contributed by atoms with Gasteiger partial charge in [-0.3, -0.25) is 4.99 Å². The van der Waals surface area contributed by atoms with Gasteiger partial charge in [0.05, 0.1) is 11.4 Å². The highest BCUT2D eigenvalue weighted by Gasteiger charge is 2.24. The zero-order valence-corrected chi connectivity index (χ0v) is 8.32. The van der Waals surface area contributed by atoms with Crippen LogP contribution in [0.2, 0.25) is 0 Å². The van der Waals surface area contributed by atoms with Gasteiger partial charge in [-0.05, 0) is 30.0 Å². The Bertz CT molecular complexity index is 406. The third-order valence-corrected chi connectivity index (χ3v) is 3.46. The first kappa shape index (κ1) is 8.22. The summed E-state index contributed by atoms with van der Waals surface area (Å²) in [6, 6.07) is 8.96. The molecule has 0 bridgehead atoms. The third-order valence-electron chi connectivity index (χ3n) is 3.46. The van der Waals surface area contributed by atoms with Gasteiger partial charge in [-0.25, -0.2) is 0 Å². The molecule has 0 radical (unpaired) electrons. The Kier molecular flexibility index (Phi) is 1.90. The van der Waals surface area contributed by atoms with Gasteiger partial charge >= 0.3 is 0 Å². The molecule has 1 heteroatoms. The topological polar surface area (TPSA) is 12.4 Å². The lowest BCUT2D eigenvalue weighted by Gasteiger charge is -2.12. The molecular weight excluding hydrogens is 170 g/mol. The second kappa shape index (κ2) is 3.23. The molecule has 1 heterocycles. The first-order valence-electron chi connectivity index (χ1n) is 5.58. The van der Waals surface area contributed by atoms with Gasteiger partial charge in [0.15, 0.2) is 0 Å². The minimum Gasteiger partial charge on any atom is -0.277 e. The molecule has 0 spiro atoms. The van der Waals surface area contributed by atoms with E-state index in [4.69, 9.17) is 4.99 Å². The molecule has 1 fully saturated rings. The largest absolute Gasteiger partial charge is 0.277 e. The number of nitrogens with zero attached hydrogens (tertiary/aromatic N) is 1. The number of rotatable bonds is 1. The number of para-hydroxylation sites is 1. The summed E-state index contributed by atoms with van der Waals surface area (Å²) in [6.45, 7) is 0. The molecule has 1 unspecified atom stereocenters. The number of fused-ring (bicyclic) bond motifs is 1. The lowest BCUT2D eigenvalue weighted by atomic mass is 9.99. The van der Waals surface area contributed by atoms with E-state index in [1.54, 1.807) is 0 Å². The van der Waals surface area contributed by atoms with Gasteiger partial charge in [0.25, 0.3) is 0 Å². The highest BCUT2D eigenvalue weighted by Crippen LogP contribution is 2.30. The average molecular weight is 185 g/mol. The maximum atomic E-state index is 4.78. The van der Waals surface area contributed by atoms with Gasteiger partial charge in [-0.2, -0.15) is 0 Å². The van der Waals surface area contributed by atoms with Crippen LogP contribution in [0.25, 0.3) is 6.08 Å². The first-order valence-corrected chi connectivity index (χ1v) is 5.58. The Morgan fingerprint density at radius 2 is 1.86 bits per heavy atom. The van der Waals surface area contributed by atoms with E-state index in [1.165, 1.54) is 36.3 Å². The van der Waals surface area contributed by atoms with Crippen molar-refractivity contribution in [2.24, 2.45) is 10.9 Å². The van der Waals surface area contributed by atoms with Crippen LogP contribution in [0.5, 0.6) is 0 Å². The van der Waals surface area contributed by atoms with Crippen molar-refractivity contribution < 1.29 is 0 Å². The number of hydrogen-bond donors (Lipinski definition) is 0. The molecule has 0 saturated heterocycles. The van der Waals surface area contributed by atoms with Crippen LogP contribution in [0.1, 0.15) is 25.7 Å². The molecule has 0 aromatic heterocycles. The van der Waals surface area contributed by atoms with E-state index in [-0.39, 0.29) is 0 Å². The van der Waals surface area contributed by atoms with Gasteiger partial charge in [0, 0.05) is 0 Å². The summed E-state index contributed by atoms with van der Waals surface area (Å²) in [6.07, 6.45) is 7.91. The van der Waals surface area contributed by atoms with E-state index in [9.17, 15) is 0 Å². The predicted octanol–water partition coefficient (Wildman–Crippen LogP) is 1.66. The fraction of sp³-hybridized carbons (Fsp3) is 0.462. The van der Waals surface area contributed by atoms with Crippen molar-refractivity contribution in [1.82, 2.24) is 0 Å². The molecule has 1 saturated carbocycles. The summed E-state index contributed by atoms with van der Waals surface area (Å²) in [5.41, 5.74) is 0. The van der Waals surface area contributed by atoms with Crippen LogP contribution in [0, 0.1) is 5.92 Å². The minimum atomic E-state index is 0.481. The van der Waals surface area contributed by atoms with Gasteiger partial charge < -0.3 is 0 Å². The maximum Gasteiger partial charge on any atom is 0.0724 e. The molecule has 0 N–H and O–H groups in total. The Hall–Kier alpha value is -1.11. The van der Waals surface area contributed by atoms with Crippen LogP contribution in [-0.4, -0.2) is 6.04 Å². The average Bonchev–Trinajstić information content (AvgIpc) is 2.86. The fourth-order valence-corrected chi connectivity index (χ4v) is 2.67. The minimum absolute atomic E-state index is 0.481. The fourth-order valence-electron chi connectivity index (χ4n) is 2.67. The summed E-state index contributed by atoms with van der Waals surface area (Å²) < 4.78 is 0. The van der Waals surface area contributed by atoms with E-state index < -0.39 is 0 Å². The monoisotopic (exact) mass is 185 g/mol. The quantitative estimate of drug-likeness (QED) is 0.631. The van der Waals surface area contributed by atoms with Crippen molar-refractivity contribution in [1.29, 1.82) is 0 Å². The Morgan fingerprint density at radius 3 is 2.64 bits per heavy atom. The van der Waals surface area contributed by atoms with Crippen LogP contribution in [0.3, 0.4) is 0 Å². The Morgan fingerprint density at radius 1 is 1.07 bits per heavy atom. The first-order chi connectivity index (χ1) is 6.93. The van der Waals surface area contributed by atoms with Crippen molar-refractivity contribution >= 4 is 6.08 Å². The molecule has 3 rings (SSSR count). The maximum absolute atomic E-state index is 4.78. The van der Waals surface area contributed by atoms with Crippen LogP contribution < -0.4 is 10.6 Å². The van der Waals surface area contributed by atoms with E-state index in [0.29, 0.717) is 6.04 Å². The van der Waals surface area contributed by atoms with Gasteiger partial charge in [0.1, 0.15) is 0 Å². The Balaban J connectivity index is 1.97. The second-order valence-corrected chi connectivity index (χ2v) is 4.39. The molecular formula is C13H15N. The molecule has 1 aromatic rings. The van der Waals surface area contributed by atoms with Crippen LogP contribution in [0.4, 0.5) is 0 Å². The van der Waals surface area contributed by atoms with E-state index in [1.807, 2.05) is 0 Å². The van der Waals surface area contributed by atoms with Crippen LogP contribution in [-0.2, 0) is 0 Å². The highest BCUT2D eigenvalue weighted by molar-refractivity contribution is 5.35. The molecule has 2 aliphatic rings. The summed E-state index contributed by atoms with van der Waals surface area (Å²) >= 11 is 0. The normalized spacial score (nSPS) is 25.6. The SMILES string of the molecule is C1=c2ccccc2=NC1C1CCCC1. The molecule has 1 atom stereocenters. The molecule has 14 heavy (non-hydrogen) atoms. The number of benzene rings is 1. The zero-order valence-electron chi connectivity index (χ0n) is 8.32. The standard InChI is InChI=1S/C13H15N/c1-2-6-10(5-1)13-9-11-7-3-4-8-12(11)14-13/h3-4,7-10,13H,1-2,5-6H2. The van der Waals surface area contributed by atoms with Crippen LogP contribution in [0.15, 0.2) is 29.3 Å². The lowest BCUT2D eigenvalue weighted by molar-refractivity contribution is 0.506.